The molecule has 6 heteroatoms. The first-order chi connectivity index (χ1) is 10.0. The molecule has 0 aliphatic heterocycles. The van der Waals surface area contributed by atoms with Crippen molar-refractivity contribution in [3.05, 3.63) is 29.8 Å². The molecule has 5 nitrogen and oxygen atoms in total. The molecule has 21 heavy (non-hydrogen) atoms. The van der Waals surface area contributed by atoms with Gasteiger partial charge in [-0.15, -0.1) is 0 Å². The third-order valence-electron chi connectivity index (χ3n) is 2.04. The number of hydrogen-bond acceptors (Lipinski definition) is 5. The molecule has 0 aromatic heterocycles. The van der Waals surface area contributed by atoms with E-state index >= 15 is 0 Å². The van der Waals surface area contributed by atoms with E-state index in [-0.39, 0.29) is 12.2 Å². The number of para-hydroxylation sites is 1. The molecule has 114 valence electrons. The van der Waals surface area contributed by atoms with Crippen molar-refractivity contribution < 1.29 is 19.1 Å². The van der Waals surface area contributed by atoms with Crippen molar-refractivity contribution in [3.63, 3.8) is 0 Å². The summed E-state index contributed by atoms with van der Waals surface area (Å²) < 4.78 is 9.80. The Morgan fingerprint density at radius 1 is 1.33 bits per heavy atom. The predicted molar refractivity (Wildman–Crippen MR) is 82.4 cm³/mol. The molecule has 0 unspecified atom stereocenters. The fraction of sp³-hybridized carbons (Fsp3) is 0.400. The number of nitrogens with zero attached hydrogens (tertiary/aromatic N) is 1. The molecule has 0 aliphatic rings. The second-order valence-electron chi connectivity index (χ2n) is 3.83. The van der Waals surface area contributed by atoms with Gasteiger partial charge >= 0.3 is 5.97 Å². The summed E-state index contributed by atoms with van der Waals surface area (Å²) in [5.74, 6) is 0.0454. The van der Waals surface area contributed by atoms with Gasteiger partial charge in [0.25, 0.3) is 0 Å². The summed E-state index contributed by atoms with van der Waals surface area (Å²) in [6.07, 6.45) is -0.118. The number of alkyl halides is 1. The smallest absolute Gasteiger partial charge is 0.313 e. The van der Waals surface area contributed by atoms with Crippen molar-refractivity contribution in [2.75, 3.05) is 18.5 Å². The maximum Gasteiger partial charge on any atom is 0.313 e. The molecule has 0 saturated heterocycles. The highest BCUT2D eigenvalue weighted by atomic mass is 79.9. The van der Waals surface area contributed by atoms with Crippen molar-refractivity contribution in [3.8, 4) is 11.8 Å². The molecule has 0 N–H and O–H groups in total. The highest BCUT2D eigenvalue weighted by molar-refractivity contribution is 9.09. The van der Waals surface area contributed by atoms with Crippen LogP contribution in [0.4, 0.5) is 0 Å². The molecule has 0 spiro atoms. The Morgan fingerprint density at radius 3 is 2.52 bits per heavy atom. The van der Waals surface area contributed by atoms with Crippen LogP contribution in [0.15, 0.2) is 24.3 Å². The molecule has 0 radical (unpaired) electrons. The number of carbonyl (C=O) groups excluding carboxylic acids is 2. The lowest BCUT2D eigenvalue weighted by Crippen LogP contribution is -2.09. The molecule has 1 rings (SSSR count). The highest BCUT2D eigenvalue weighted by Crippen LogP contribution is 2.15. The lowest BCUT2D eigenvalue weighted by atomic mass is 10.2. The van der Waals surface area contributed by atoms with Crippen LogP contribution in [0.3, 0.4) is 0 Å². The number of rotatable bonds is 6. The lowest BCUT2D eigenvalue weighted by molar-refractivity contribution is -0.145. The van der Waals surface area contributed by atoms with E-state index in [9.17, 15) is 9.59 Å². The summed E-state index contributed by atoms with van der Waals surface area (Å²) in [5, 5.41) is 9.22. The normalized spacial score (nSPS) is 8.86. The summed E-state index contributed by atoms with van der Waals surface area (Å²) in [6.45, 7) is 4.17. The average molecular weight is 356 g/mol. The Bertz CT molecular complexity index is 497. The number of esters is 1. The van der Waals surface area contributed by atoms with Crippen molar-refractivity contribution in [2.24, 2.45) is 0 Å². The zero-order valence-electron chi connectivity index (χ0n) is 12.1. The Morgan fingerprint density at radius 2 is 2.00 bits per heavy atom. The van der Waals surface area contributed by atoms with Gasteiger partial charge in [-0.3, -0.25) is 9.59 Å². The van der Waals surface area contributed by atoms with E-state index in [1.54, 1.807) is 12.1 Å². The van der Waals surface area contributed by atoms with Crippen LogP contribution in [0.1, 0.15) is 25.8 Å². The number of Topliss-reactive ketones (excluding diaryl/α,β-unsaturated/α-hetero) is 1. The van der Waals surface area contributed by atoms with Crippen LogP contribution in [0.25, 0.3) is 0 Å². The molecule has 0 amide bonds. The molecule has 0 fully saturated rings. The fourth-order valence-electron chi connectivity index (χ4n) is 1.25. The van der Waals surface area contributed by atoms with E-state index in [2.05, 4.69) is 26.7 Å². The van der Waals surface area contributed by atoms with E-state index in [1.807, 2.05) is 19.1 Å². The number of ether oxygens (including phenoxy) is 2. The number of nitriles is 1. The van der Waals surface area contributed by atoms with Crippen molar-refractivity contribution in [1.29, 1.82) is 5.26 Å². The maximum absolute atomic E-state index is 10.5. The lowest BCUT2D eigenvalue weighted by Gasteiger charge is -2.02. The zero-order chi connectivity index (χ0) is 16.1. The largest absolute Gasteiger partial charge is 0.492 e. The number of hydrogen-bond donors (Lipinski definition) is 0. The highest BCUT2D eigenvalue weighted by Gasteiger charge is 2.04. The van der Waals surface area contributed by atoms with Gasteiger partial charge in [0.15, 0.2) is 0 Å². The molecule has 0 saturated carbocycles. The number of benzene rings is 1. The average Bonchev–Trinajstić information content (AvgIpc) is 2.46. The van der Waals surface area contributed by atoms with E-state index in [0.29, 0.717) is 29.9 Å². The standard InChI is InChI=1S/C9H9NO.C6H9BrO3/c1-2-11-9-6-4-3-5-8(9)7-10;1-5(8)4-6(9)10-3-2-7/h3-6H,2H2,1H3;2-4H2,1H3. The first kappa shape index (κ1) is 19.1. The molecule has 0 atom stereocenters. The third kappa shape index (κ3) is 9.63. The van der Waals surface area contributed by atoms with Crippen molar-refractivity contribution in [1.82, 2.24) is 0 Å². The van der Waals surface area contributed by atoms with Gasteiger partial charge in [0.05, 0.1) is 12.2 Å². The zero-order valence-corrected chi connectivity index (χ0v) is 13.7. The van der Waals surface area contributed by atoms with Crippen LogP contribution in [0.2, 0.25) is 0 Å². The Hall–Kier alpha value is -1.87. The summed E-state index contributed by atoms with van der Waals surface area (Å²) in [4.78, 5) is 20.9. The first-order valence-corrected chi connectivity index (χ1v) is 7.50. The number of ketones is 1. The molecule has 1 aromatic rings. The number of carbonyl (C=O) groups is 2. The Kier molecular flexibility index (Phi) is 10.9. The van der Waals surface area contributed by atoms with E-state index < -0.39 is 5.97 Å². The Labute approximate surface area is 133 Å². The van der Waals surface area contributed by atoms with Crippen molar-refractivity contribution >= 4 is 27.7 Å². The van der Waals surface area contributed by atoms with Gasteiger partial charge < -0.3 is 9.47 Å². The van der Waals surface area contributed by atoms with Crippen LogP contribution in [-0.4, -0.2) is 30.3 Å². The topological polar surface area (TPSA) is 76.4 Å². The summed E-state index contributed by atoms with van der Waals surface area (Å²) >= 11 is 3.08. The minimum Gasteiger partial charge on any atom is -0.492 e. The van der Waals surface area contributed by atoms with E-state index in [1.165, 1.54) is 6.92 Å². The van der Waals surface area contributed by atoms with Gasteiger partial charge in [-0.25, -0.2) is 0 Å². The van der Waals surface area contributed by atoms with Gasteiger partial charge in [-0.1, -0.05) is 28.1 Å². The van der Waals surface area contributed by atoms with Gasteiger partial charge in [0.1, 0.15) is 30.6 Å². The molecule has 0 heterocycles. The van der Waals surface area contributed by atoms with Crippen LogP contribution in [0, 0.1) is 11.3 Å². The molecule has 1 aromatic carbocycles. The molecule has 0 aliphatic carbocycles. The number of halogens is 1. The summed E-state index contributed by atoms with van der Waals surface area (Å²) in [6, 6.07) is 9.26. The second-order valence-corrected chi connectivity index (χ2v) is 4.62. The SMILES string of the molecule is CC(=O)CC(=O)OCCBr.CCOc1ccccc1C#N. The third-order valence-corrected chi connectivity index (χ3v) is 2.36. The van der Waals surface area contributed by atoms with Gasteiger partial charge in [-0.05, 0) is 26.0 Å². The molecule has 0 bridgehead atoms. The van der Waals surface area contributed by atoms with Gasteiger partial charge in [-0.2, -0.15) is 5.26 Å². The van der Waals surface area contributed by atoms with Gasteiger partial charge in [0, 0.05) is 5.33 Å². The van der Waals surface area contributed by atoms with Crippen LogP contribution in [-0.2, 0) is 14.3 Å². The minimum absolute atomic E-state index is 0.118. The molecular formula is C15H18BrNO4. The monoisotopic (exact) mass is 355 g/mol. The van der Waals surface area contributed by atoms with E-state index in [0.717, 1.165) is 0 Å². The second kappa shape index (κ2) is 11.9. The molecular weight excluding hydrogens is 338 g/mol. The summed E-state index contributed by atoms with van der Waals surface area (Å²) in [7, 11) is 0. The first-order valence-electron chi connectivity index (χ1n) is 6.38. The maximum atomic E-state index is 10.5. The van der Waals surface area contributed by atoms with Gasteiger partial charge in [0.2, 0.25) is 0 Å². The van der Waals surface area contributed by atoms with E-state index in [4.69, 9.17) is 10.00 Å². The minimum atomic E-state index is -0.452. The van der Waals surface area contributed by atoms with Crippen LogP contribution >= 0.6 is 15.9 Å². The van der Waals surface area contributed by atoms with Crippen LogP contribution < -0.4 is 4.74 Å². The predicted octanol–water partition coefficient (Wildman–Crippen LogP) is 2.86. The van der Waals surface area contributed by atoms with Crippen LogP contribution in [0.5, 0.6) is 5.75 Å². The fourth-order valence-corrected chi connectivity index (χ4v) is 1.41. The Balaban J connectivity index is 0.000000384. The summed E-state index contributed by atoms with van der Waals surface area (Å²) in [5.41, 5.74) is 0.592. The van der Waals surface area contributed by atoms with Crippen molar-refractivity contribution in [2.45, 2.75) is 20.3 Å². The quantitative estimate of drug-likeness (QED) is 0.445.